The molecule has 0 fully saturated rings. The number of aromatic nitrogens is 3. The second-order valence-electron chi connectivity index (χ2n) is 8.12. The molecule has 2 aromatic carbocycles. The summed E-state index contributed by atoms with van der Waals surface area (Å²) in [5.41, 5.74) is 3.85. The molecule has 0 saturated heterocycles. The highest BCUT2D eigenvalue weighted by atomic mass is 32.2. The normalized spacial score (nSPS) is 12.8. The summed E-state index contributed by atoms with van der Waals surface area (Å²) in [5, 5.41) is 10.6. The highest BCUT2D eigenvalue weighted by molar-refractivity contribution is 7.90. The van der Waals surface area contributed by atoms with E-state index in [1.807, 2.05) is 13.8 Å². The number of aliphatic hydroxyl groups excluding tert-OH is 1. The monoisotopic (exact) mass is 509 g/mol. The molecule has 0 amide bonds. The molecule has 0 spiro atoms. The molecular weight excluding hydrogens is 482 g/mol. The van der Waals surface area contributed by atoms with E-state index in [1.54, 1.807) is 66.4 Å². The van der Waals surface area contributed by atoms with Crippen molar-refractivity contribution in [1.82, 2.24) is 14.5 Å². The van der Waals surface area contributed by atoms with Crippen molar-refractivity contribution >= 4 is 28.2 Å². The second kappa shape index (κ2) is 11.0. The number of benzene rings is 2. The first kappa shape index (κ1) is 25.5. The minimum absolute atomic E-state index is 0.0868. The van der Waals surface area contributed by atoms with Crippen molar-refractivity contribution < 1.29 is 28.7 Å². The zero-order chi connectivity index (χ0) is 25.8. The number of carbonyl (C=O) groups is 1. The van der Waals surface area contributed by atoms with E-state index >= 15 is 0 Å². The summed E-state index contributed by atoms with van der Waals surface area (Å²) in [5.74, 6) is 0.517. The van der Waals surface area contributed by atoms with Gasteiger partial charge in [0, 0.05) is 34.6 Å². The Labute approximate surface area is 211 Å². The van der Waals surface area contributed by atoms with Gasteiger partial charge in [0.25, 0.3) is 0 Å². The maximum Gasteiger partial charge on any atom is 0.341 e. The lowest BCUT2D eigenvalue weighted by Gasteiger charge is -2.16. The van der Waals surface area contributed by atoms with Crippen LogP contribution in [-0.2, 0) is 33.2 Å². The van der Waals surface area contributed by atoms with E-state index in [4.69, 9.17) is 14.2 Å². The molecule has 0 bridgehead atoms. The summed E-state index contributed by atoms with van der Waals surface area (Å²) in [6.07, 6.45) is 0.232. The van der Waals surface area contributed by atoms with Crippen LogP contribution in [0.4, 0.5) is 0 Å². The molecule has 36 heavy (non-hydrogen) atoms. The predicted molar refractivity (Wildman–Crippen MR) is 134 cm³/mol. The van der Waals surface area contributed by atoms with E-state index in [1.165, 1.54) is 7.11 Å². The van der Waals surface area contributed by atoms with E-state index in [2.05, 4.69) is 9.97 Å². The molecule has 9 nitrogen and oxygen atoms in total. The highest BCUT2D eigenvalue weighted by Crippen LogP contribution is 2.29. The van der Waals surface area contributed by atoms with Gasteiger partial charge in [0.15, 0.2) is 18.6 Å². The van der Waals surface area contributed by atoms with Crippen molar-refractivity contribution in [3.05, 3.63) is 77.1 Å². The van der Waals surface area contributed by atoms with E-state index in [-0.39, 0.29) is 17.6 Å². The summed E-state index contributed by atoms with van der Waals surface area (Å²) in [6, 6.07) is 13.7. The fourth-order valence-electron chi connectivity index (χ4n) is 3.89. The van der Waals surface area contributed by atoms with Crippen molar-refractivity contribution in [2.45, 2.75) is 37.6 Å². The van der Waals surface area contributed by atoms with Gasteiger partial charge in [-0.05, 0) is 31.5 Å². The first-order valence-corrected chi connectivity index (χ1v) is 12.5. The zero-order valence-corrected chi connectivity index (χ0v) is 21.2. The van der Waals surface area contributed by atoms with Gasteiger partial charge in [-0.1, -0.05) is 30.3 Å². The maximum absolute atomic E-state index is 13.5. The fraction of sp³-hybridized carbons (Fsp3) is 0.269. The number of pyridine rings is 1. The zero-order valence-electron chi connectivity index (χ0n) is 20.4. The summed E-state index contributed by atoms with van der Waals surface area (Å²) in [6.45, 7) is 3.47. The number of ether oxygens (including phenoxy) is 3. The summed E-state index contributed by atoms with van der Waals surface area (Å²) in [4.78, 5) is 21.6. The molecule has 2 aromatic heterocycles. The third kappa shape index (κ3) is 5.15. The molecule has 10 heteroatoms. The summed E-state index contributed by atoms with van der Waals surface area (Å²) < 4.78 is 31.3. The van der Waals surface area contributed by atoms with Gasteiger partial charge in [0.05, 0.1) is 30.9 Å². The lowest BCUT2D eigenvalue weighted by Crippen LogP contribution is -2.20. The summed E-state index contributed by atoms with van der Waals surface area (Å²) >= 11 is -1.64. The first-order chi connectivity index (χ1) is 17.3. The molecular formula is C26H27N3O6S. The van der Waals surface area contributed by atoms with Crippen molar-refractivity contribution in [2.75, 3.05) is 14.2 Å². The smallest absolute Gasteiger partial charge is 0.341 e. The Morgan fingerprint density at radius 1 is 1.14 bits per heavy atom. The lowest BCUT2D eigenvalue weighted by atomic mass is 10.1. The fourth-order valence-corrected chi connectivity index (χ4v) is 5.16. The van der Waals surface area contributed by atoms with Crippen molar-refractivity contribution in [3.8, 4) is 11.5 Å². The quantitative estimate of drug-likeness (QED) is 0.269. The number of rotatable bonds is 9. The topological polar surface area (TPSA) is 119 Å². The van der Waals surface area contributed by atoms with Crippen LogP contribution in [0.5, 0.6) is 11.5 Å². The lowest BCUT2D eigenvalue weighted by molar-refractivity contribution is -0.158. The SMILES string of the molecule is COc1ccc2nc([S@+]([O-])Cc3ncc(C)c(OC)c3C)n(COC(=O)[C@H](O)c3ccccc3)c2c1. The van der Waals surface area contributed by atoms with Crippen LogP contribution in [0.25, 0.3) is 11.0 Å². The third-order valence-electron chi connectivity index (χ3n) is 5.82. The van der Waals surface area contributed by atoms with Crippen molar-refractivity contribution in [2.24, 2.45) is 0 Å². The van der Waals surface area contributed by atoms with Crippen LogP contribution in [0, 0.1) is 13.8 Å². The Hall–Kier alpha value is -3.60. The highest BCUT2D eigenvalue weighted by Gasteiger charge is 2.27. The molecule has 188 valence electrons. The van der Waals surface area contributed by atoms with Crippen molar-refractivity contribution in [1.29, 1.82) is 0 Å². The standard InChI is InChI=1S/C26H27N3O6S/c1-16-13-27-21(17(2)24(16)34-4)14-36(32)26-28-20-11-10-19(33-3)12-22(20)29(26)15-35-25(31)23(30)18-8-6-5-7-9-18/h5-13,23,30H,14-15H2,1-4H3/t23-,36-/m1/s1. The van der Waals surface area contributed by atoms with Gasteiger partial charge in [0.1, 0.15) is 11.5 Å². The molecule has 2 heterocycles. The Morgan fingerprint density at radius 3 is 2.58 bits per heavy atom. The Kier molecular flexibility index (Phi) is 7.78. The molecule has 0 aliphatic rings. The van der Waals surface area contributed by atoms with Gasteiger partial charge in [-0.25, -0.2) is 9.36 Å². The van der Waals surface area contributed by atoms with Crippen LogP contribution in [0.15, 0.2) is 59.9 Å². The van der Waals surface area contributed by atoms with Gasteiger partial charge in [-0.15, -0.1) is 0 Å². The minimum atomic E-state index is -1.64. The number of imidazole rings is 1. The Morgan fingerprint density at radius 2 is 1.89 bits per heavy atom. The number of nitrogens with zero attached hydrogens (tertiary/aromatic N) is 3. The van der Waals surface area contributed by atoms with Crippen molar-refractivity contribution in [3.63, 3.8) is 0 Å². The number of fused-ring (bicyclic) bond motifs is 1. The van der Waals surface area contributed by atoms with E-state index in [0.717, 1.165) is 11.1 Å². The third-order valence-corrected chi connectivity index (χ3v) is 7.07. The molecule has 4 aromatic rings. The molecule has 0 aliphatic carbocycles. The van der Waals surface area contributed by atoms with E-state index in [9.17, 15) is 14.5 Å². The number of aliphatic hydroxyl groups is 1. The molecule has 2 atom stereocenters. The van der Waals surface area contributed by atoms with Gasteiger partial charge in [0.2, 0.25) is 0 Å². The predicted octanol–water partition coefficient (Wildman–Crippen LogP) is 3.61. The summed E-state index contributed by atoms with van der Waals surface area (Å²) in [7, 11) is 3.12. The molecule has 0 aliphatic heterocycles. The Bertz CT molecular complexity index is 1380. The van der Waals surface area contributed by atoms with Crippen LogP contribution in [-0.4, -0.2) is 44.4 Å². The van der Waals surface area contributed by atoms with Crippen LogP contribution in [0.1, 0.15) is 28.5 Å². The molecule has 0 unspecified atom stereocenters. The van der Waals surface area contributed by atoms with E-state index < -0.39 is 23.2 Å². The van der Waals surface area contributed by atoms with Crippen LogP contribution < -0.4 is 9.47 Å². The number of hydrogen-bond acceptors (Lipinski definition) is 8. The number of carbonyl (C=O) groups excluding carboxylic acids is 1. The van der Waals surface area contributed by atoms with Crippen LogP contribution in [0.3, 0.4) is 0 Å². The average molecular weight is 510 g/mol. The number of hydrogen-bond donors (Lipinski definition) is 1. The molecule has 0 radical (unpaired) electrons. The largest absolute Gasteiger partial charge is 0.609 e. The number of aryl methyl sites for hydroxylation is 1. The maximum atomic E-state index is 13.5. The van der Waals surface area contributed by atoms with Crippen LogP contribution in [0.2, 0.25) is 0 Å². The number of esters is 1. The second-order valence-corrected chi connectivity index (χ2v) is 9.46. The Balaban J connectivity index is 1.65. The molecule has 1 N–H and O–H groups in total. The molecule has 0 saturated carbocycles. The van der Waals surface area contributed by atoms with Gasteiger partial charge in [-0.2, -0.15) is 4.98 Å². The minimum Gasteiger partial charge on any atom is -0.609 e. The average Bonchev–Trinajstić information content (AvgIpc) is 3.27. The molecule has 4 rings (SSSR count). The van der Waals surface area contributed by atoms with Crippen LogP contribution >= 0.6 is 0 Å². The van der Waals surface area contributed by atoms with Gasteiger partial charge in [-0.3, -0.25) is 4.98 Å². The van der Waals surface area contributed by atoms with Gasteiger partial charge < -0.3 is 23.9 Å². The van der Waals surface area contributed by atoms with Gasteiger partial charge >= 0.3 is 11.1 Å². The first-order valence-electron chi connectivity index (χ1n) is 11.2. The van der Waals surface area contributed by atoms with E-state index in [0.29, 0.717) is 33.8 Å². The number of methoxy groups -OCH3 is 2.